The van der Waals surface area contributed by atoms with E-state index in [4.69, 9.17) is 10.5 Å². The molecule has 0 aliphatic rings. The third-order valence-electron chi connectivity index (χ3n) is 3.27. The first-order valence-electron chi connectivity index (χ1n) is 7.57. The molecule has 5 nitrogen and oxygen atoms in total. The monoisotopic (exact) mass is 420 g/mol. The second kappa shape index (κ2) is 12.7. The van der Waals surface area contributed by atoms with E-state index in [-0.39, 0.29) is 24.0 Å². The highest BCUT2D eigenvalue weighted by atomic mass is 127. The van der Waals surface area contributed by atoms with Gasteiger partial charge in [-0.05, 0) is 25.6 Å². The van der Waals surface area contributed by atoms with Crippen molar-refractivity contribution >= 4 is 35.6 Å². The number of hydrogen-bond donors (Lipinski definition) is 2. The molecule has 3 N–H and O–H groups in total. The molecule has 0 amide bonds. The smallest absolute Gasteiger partial charge is 0.193 e. The molecule has 0 bridgehead atoms. The fraction of sp³-hybridized carbons (Fsp3) is 0.562. The largest absolute Gasteiger partial charge is 0.380 e. The molecule has 126 valence electrons. The molecule has 1 aromatic carbocycles. The van der Waals surface area contributed by atoms with Crippen LogP contribution in [0, 0.1) is 0 Å². The van der Waals surface area contributed by atoms with Crippen molar-refractivity contribution < 1.29 is 4.74 Å². The van der Waals surface area contributed by atoms with E-state index in [2.05, 4.69) is 29.1 Å². The SMILES string of the molecule is CCCN(CC)CCN=C(N)Nc1ccccc1COC.I. The van der Waals surface area contributed by atoms with Crippen LogP contribution >= 0.6 is 24.0 Å². The van der Waals surface area contributed by atoms with E-state index in [9.17, 15) is 0 Å². The number of halogens is 1. The Balaban J connectivity index is 0.00000441. The Bertz CT molecular complexity index is 440. The van der Waals surface area contributed by atoms with E-state index in [0.29, 0.717) is 19.1 Å². The summed E-state index contributed by atoms with van der Waals surface area (Å²) in [5.41, 5.74) is 7.97. The van der Waals surface area contributed by atoms with Gasteiger partial charge in [-0.15, -0.1) is 24.0 Å². The summed E-state index contributed by atoms with van der Waals surface area (Å²) in [4.78, 5) is 6.76. The van der Waals surface area contributed by atoms with E-state index < -0.39 is 0 Å². The Kier molecular flexibility index (Phi) is 12.2. The van der Waals surface area contributed by atoms with Crippen LogP contribution in [-0.2, 0) is 11.3 Å². The third kappa shape index (κ3) is 7.95. The van der Waals surface area contributed by atoms with E-state index in [0.717, 1.165) is 37.3 Å². The average molecular weight is 420 g/mol. The molecule has 1 rings (SSSR count). The second-order valence-corrected chi connectivity index (χ2v) is 4.92. The average Bonchev–Trinajstić information content (AvgIpc) is 2.48. The molecule has 1 aromatic rings. The van der Waals surface area contributed by atoms with Crippen LogP contribution in [0.4, 0.5) is 5.69 Å². The van der Waals surface area contributed by atoms with Gasteiger partial charge in [-0.3, -0.25) is 4.99 Å². The molecule has 0 saturated heterocycles. The first kappa shape index (κ1) is 21.1. The second-order valence-electron chi connectivity index (χ2n) is 4.92. The number of aliphatic imine (C=N–C) groups is 1. The zero-order chi connectivity index (χ0) is 15.5. The molecular formula is C16H29IN4O. The number of methoxy groups -OCH3 is 1. The Morgan fingerprint density at radius 1 is 1.27 bits per heavy atom. The number of hydrogen-bond acceptors (Lipinski definition) is 3. The molecule has 0 radical (unpaired) electrons. The van der Waals surface area contributed by atoms with E-state index in [1.807, 2.05) is 24.3 Å². The van der Waals surface area contributed by atoms with Crippen LogP contribution in [-0.4, -0.2) is 44.1 Å². The molecule has 0 aliphatic carbocycles. The van der Waals surface area contributed by atoms with Crippen molar-refractivity contribution in [3.05, 3.63) is 29.8 Å². The molecule has 0 aromatic heterocycles. The molecule has 0 atom stereocenters. The Morgan fingerprint density at radius 3 is 2.64 bits per heavy atom. The number of para-hydroxylation sites is 1. The van der Waals surface area contributed by atoms with Crippen molar-refractivity contribution in [3.63, 3.8) is 0 Å². The fourth-order valence-corrected chi connectivity index (χ4v) is 2.16. The molecule has 0 fully saturated rings. The van der Waals surface area contributed by atoms with Crippen molar-refractivity contribution in [1.82, 2.24) is 4.90 Å². The summed E-state index contributed by atoms with van der Waals surface area (Å²) in [6.45, 7) is 8.71. The van der Waals surface area contributed by atoms with Gasteiger partial charge in [0.25, 0.3) is 0 Å². The van der Waals surface area contributed by atoms with Gasteiger partial charge in [-0.1, -0.05) is 32.0 Å². The number of rotatable bonds is 9. The van der Waals surface area contributed by atoms with Crippen LogP contribution in [0.2, 0.25) is 0 Å². The quantitative estimate of drug-likeness (QED) is 0.367. The highest BCUT2D eigenvalue weighted by Crippen LogP contribution is 2.15. The highest BCUT2D eigenvalue weighted by Gasteiger charge is 2.03. The minimum atomic E-state index is 0. The normalized spacial score (nSPS) is 11.4. The van der Waals surface area contributed by atoms with E-state index in [1.54, 1.807) is 7.11 Å². The lowest BCUT2D eigenvalue weighted by Gasteiger charge is -2.18. The van der Waals surface area contributed by atoms with Gasteiger partial charge in [0.05, 0.1) is 13.2 Å². The van der Waals surface area contributed by atoms with E-state index in [1.165, 1.54) is 0 Å². The number of nitrogens with zero attached hydrogens (tertiary/aromatic N) is 2. The summed E-state index contributed by atoms with van der Waals surface area (Å²) in [6, 6.07) is 7.94. The predicted octanol–water partition coefficient (Wildman–Crippen LogP) is 2.91. The number of nitrogens with one attached hydrogen (secondary N) is 1. The van der Waals surface area contributed by atoms with Crippen LogP contribution in [0.1, 0.15) is 25.8 Å². The molecular weight excluding hydrogens is 391 g/mol. The topological polar surface area (TPSA) is 62.9 Å². The standard InChI is InChI=1S/C16H28N4O.HI/c1-4-11-20(5-2)12-10-18-16(17)19-15-9-7-6-8-14(15)13-21-3;/h6-9H,4-5,10-13H2,1-3H3,(H3,17,18,19);1H. The van der Waals surface area contributed by atoms with Gasteiger partial charge in [-0.25, -0.2) is 0 Å². The maximum Gasteiger partial charge on any atom is 0.193 e. The van der Waals surface area contributed by atoms with Crippen LogP contribution in [0.25, 0.3) is 0 Å². The number of guanidine groups is 1. The van der Waals surface area contributed by atoms with E-state index >= 15 is 0 Å². The molecule has 6 heteroatoms. The third-order valence-corrected chi connectivity index (χ3v) is 3.27. The number of anilines is 1. The summed E-state index contributed by atoms with van der Waals surface area (Å²) in [5, 5.41) is 3.15. The predicted molar refractivity (Wildman–Crippen MR) is 105 cm³/mol. The Hall–Kier alpha value is -0.860. The van der Waals surface area contributed by atoms with Crippen LogP contribution in [0.15, 0.2) is 29.3 Å². The maximum atomic E-state index is 5.95. The summed E-state index contributed by atoms with van der Waals surface area (Å²) in [6.07, 6.45) is 1.16. The van der Waals surface area contributed by atoms with Crippen molar-refractivity contribution in [2.75, 3.05) is 38.6 Å². The number of likely N-dealkylation sites (N-methyl/N-ethyl adjacent to an activating group) is 1. The lowest BCUT2D eigenvalue weighted by Crippen LogP contribution is -2.29. The lowest BCUT2D eigenvalue weighted by molar-refractivity contribution is 0.185. The van der Waals surface area contributed by atoms with Crippen LogP contribution < -0.4 is 11.1 Å². The highest BCUT2D eigenvalue weighted by molar-refractivity contribution is 14.0. The zero-order valence-electron chi connectivity index (χ0n) is 13.8. The van der Waals surface area contributed by atoms with Gasteiger partial charge in [-0.2, -0.15) is 0 Å². The number of nitrogens with two attached hydrogens (primary N) is 1. The van der Waals surface area contributed by atoms with Crippen LogP contribution in [0.3, 0.4) is 0 Å². The summed E-state index contributed by atoms with van der Waals surface area (Å²) in [7, 11) is 1.68. The zero-order valence-corrected chi connectivity index (χ0v) is 16.2. The summed E-state index contributed by atoms with van der Waals surface area (Å²) < 4.78 is 5.18. The summed E-state index contributed by atoms with van der Waals surface area (Å²) >= 11 is 0. The molecule has 0 saturated carbocycles. The van der Waals surface area contributed by atoms with Gasteiger partial charge in [0.1, 0.15) is 0 Å². The van der Waals surface area contributed by atoms with Gasteiger partial charge in [0.15, 0.2) is 5.96 Å². The number of benzene rings is 1. The van der Waals surface area contributed by atoms with Crippen molar-refractivity contribution in [2.24, 2.45) is 10.7 Å². The van der Waals surface area contributed by atoms with Crippen molar-refractivity contribution in [3.8, 4) is 0 Å². The number of ether oxygens (including phenoxy) is 1. The first-order valence-corrected chi connectivity index (χ1v) is 7.57. The van der Waals surface area contributed by atoms with Crippen LogP contribution in [0.5, 0.6) is 0 Å². The van der Waals surface area contributed by atoms with Gasteiger partial charge in [0, 0.05) is 24.9 Å². The van der Waals surface area contributed by atoms with Gasteiger partial charge >= 0.3 is 0 Å². The minimum absolute atomic E-state index is 0. The lowest BCUT2D eigenvalue weighted by atomic mass is 10.2. The minimum Gasteiger partial charge on any atom is -0.380 e. The van der Waals surface area contributed by atoms with Crippen molar-refractivity contribution in [1.29, 1.82) is 0 Å². The Morgan fingerprint density at radius 2 is 2.00 bits per heavy atom. The summed E-state index contributed by atoms with van der Waals surface area (Å²) in [5.74, 6) is 0.450. The molecule has 0 aliphatic heterocycles. The first-order chi connectivity index (χ1) is 10.2. The Labute approximate surface area is 151 Å². The fourth-order valence-electron chi connectivity index (χ4n) is 2.16. The van der Waals surface area contributed by atoms with Gasteiger partial charge < -0.3 is 20.7 Å². The van der Waals surface area contributed by atoms with Crippen molar-refractivity contribution in [2.45, 2.75) is 26.9 Å². The maximum absolute atomic E-state index is 5.95. The molecule has 0 unspecified atom stereocenters. The molecule has 0 spiro atoms. The molecule has 0 heterocycles. The van der Waals surface area contributed by atoms with Gasteiger partial charge in [0.2, 0.25) is 0 Å². The molecule has 22 heavy (non-hydrogen) atoms.